The molecule has 10 heteroatoms. The second kappa shape index (κ2) is 9.22. The van der Waals surface area contributed by atoms with Crippen molar-refractivity contribution in [2.75, 3.05) is 20.2 Å². The van der Waals surface area contributed by atoms with Gasteiger partial charge < -0.3 is 29.8 Å². The van der Waals surface area contributed by atoms with Crippen LogP contribution in [0.5, 0.6) is 11.5 Å². The summed E-state index contributed by atoms with van der Waals surface area (Å²) in [5.41, 5.74) is 5.70. The van der Waals surface area contributed by atoms with Gasteiger partial charge in [0.05, 0.1) is 22.8 Å². The average Bonchev–Trinajstić information content (AvgIpc) is 3.28. The number of rotatable bonds is 4. The van der Waals surface area contributed by atoms with Crippen molar-refractivity contribution in [3.8, 4) is 34.7 Å². The Morgan fingerprint density at radius 1 is 1.31 bits per heavy atom. The van der Waals surface area contributed by atoms with Crippen molar-refractivity contribution in [1.29, 1.82) is 0 Å². The predicted octanol–water partition coefficient (Wildman–Crippen LogP) is 2.22. The molecule has 1 saturated heterocycles. The summed E-state index contributed by atoms with van der Waals surface area (Å²) in [7, 11) is 1.63. The Kier molecular flexibility index (Phi) is 6.08. The minimum absolute atomic E-state index is 0.0203. The number of carbonyl (C=O) groups is 2. The number of aliphatic hydroxyl groups is 1. The quantitative estimate of drug-likeness (QED) is 0.524. The fourth-order valence-corrected chi connectivity index (χ4v) is 4.48. The number of primary amides is 1. The fourth-order valence-electron chi connectivity index (χ4n) is 4.28. The van der Waals surface area contributed by atoms with E-state index in [2.05, 4.69) is 16.8 Å². The van der Waals surface area contributed by atoms with E-state index in [-0.39, 0.29) is 18.7 Å². The SMILES string of the molecule is CN1CCC(O)(C#Cc2ccc3c(c2)-c2nc(C(N)=O)c(COc4ccccc4Cl)n2CCO3)C1=O. The highest BCUT2D eigenvalue weighted by molar-refractivity contribution is 6.32. The average molecular weight is 507 g/mol. The first kappa shape index (κ1) is 23.7. The predicted molar refractivity (Wildman–Crippen MR) is 132 cm³/mol. The number of ether oxygens (including phenoxy) is 2. The van der Waals surface area contributed by atoms with Crippen LogP contribution >= 0.6 is 11.6 Å². The molecule has 9 nitrogen and oxygen atoms in total. The molecule has 1 unspecified atom stereocenters. The van der Waals surface area contributed by atoms with E-state index in [1.807, 2.05) is 4.57 Å². The highest BCUT2D eigenvalue weighted by Gasteiger charge is 2.42. The van der Waals surface area contributed by atoms with Gasteiger partial charge in [-0.2, -0.15) is 0 Å². The number of likely N-dealkylation sites (N-methyl/N-ethyl adjacent to an activating group) is 1. The molecule has 0 radical (unpaired) electrons. The summed E-state index contributed by atoms with van der Waals surface area (Å²) >= 11 is 6.21. The Labute approximate surface area is 212 Å². The minimum atomic E-state index is -1.71. The van der Waals surface area contributed by atoms with Crippen LogP contribution in [0.2, 0.25) is 5.02 Å². The first-order valence-electron chi connectivity index (χ1n) is 11.3. The van der Waals surface area contributed by atoms with Gasteiger partial charge in [-0.3, -0.25) is 9.59 Å². The van der Waals surface area contributed by atoms with Gasteiger partial charge in [0.15, 0.2) is 5.69 Å². The molecule has 1 fully saturated rings. The van der Waals surface area contributed by atoms with Crippen LogP contribution in [0.4, 0.5) is 0 Å². The summed E-state index contributed by atoms with van der Waals surface area (Å²) in [6, 6.07) is 12.3. The number of nitrogens with zero attached hydrogens (tertiary/aromatic N) is 3. The molecule has 0 bridgehead atoms. The second-order valence-electron chi connectivity index (χ2n) is 8.61. The van der Waals surface area contributed by atoms with Crippen LogP contribution in [-0.2, 0) is 17.9 Å². The zero-order valence-corrected chi connectivity index (χ0v) is 20.2. The third-order valence-corrected chi connectivity index (χ3v) is 6.54. The Balaban J connectivity index is 1.53. The number of halogens is 1. The van der Waals surface area contributed by atoms with Crippen LogP contribution < -0.4 is 15.2 Å². The molecule has 1 aromatic heterocycles. The van der Waals surface area contributed by atoms with Gasteiger partial charge in [0.1, 0.15) is 30.5 Å². The molecule has 3 heterocycles. The number of likely N-dealkylation sites (tertiary alicyclic amines) is 1. The number of imidazole rings is 1. The van der Waals surface area contributed by atoms with E-state index < -0.39 is 17.4 Å². The van der Waals surface area contributed by atoms with Crippen LogP contribution in [0.15, 0.2) is 42.5 Å². The molecular weight excluding hydrogens is 484 g/mol. The number of hydrogen-bond donors (Lipinski definition) is 2. The summed E-state index contributed by atoms with van der Waals surface area (Å²) in [5, 5.41) is 11.1. The van der Waals surface area contributed by atoms with Gasteiger partial charge in [-0.25, -0.2) is 4.98 Å². The summed E-state index contributed by atoms with van der Waals surface area (Å²) in [6.45, 7) is 1.20. The molecule has 2 aliphatic heterocycles. The number of hydrogen-bond acceptors (Lipinski definition) is 6. The second-order valence-corrected chi connectivity index (χ2v) is 9.02. The van der Waals surface area contributed by atoms with Crippen molar-refractivity contribution in [3.05, 3.63) is 64.4 Å². The molecular formula is C26H23ClN4O5. The number of benzene rings is 2. The Morgan fingerprint density at radius 2 is 2.11 bits per heavy atom. The third-order valence-electron chi connectivity index (χ3n) is 6.22. The molecule has 3 N–H and O–H groups in total. The largest absolute Gasteiger partial charge is 0.491 e. The molecule has 5 rings (SSSR count). The molecule has 2 aliphatic rings. The lowest BCUT2D eigenvalue weighted by atomic mass is 10.0. The number of para-hydroxylation sites is 1. The number of fused-ring (bicyclic) bond motifs is 3. The summed E-state index contributed by atoms with van der Waals surface area (Å²) in [4.78, 5) is 30.5. The lowest BCUT2D eigenvalue weighted by Gasteiger charge is -2.13. The van der Waals surface area contributed by atoms with Gasteiger partial charge in [0.2, 0.25) is 5.60 Å². The molecule has 1 atom stereocenters. The molecule has 0 spiro atoms. The highest BCUT2D eigenvalue weighted by Crippen LogP contribution is 2.35. The topological polar surface area (TPSA) is 120 Å². The molecule has 184 valence electrons. The van der Waals surface area contributed by atoms with Gasteiger partial charge in [-0.1, -0.05) is 35.6 Å². The van der Waals surface area contributed by atoms with Gasteiger partial charge >= 0.3 is 0 Å². The first-order valence-corrected chi connectivity index (χ1v) is 11.7. The molecule has 0 aliphatic carbocycles. The number of amides is 2. The maximum atomic E-state index is 12.3. The summed E-state index contributed by atoms with van der Waals surface area (Å²) in [5.74, 6) is 6.04. The van der Waals surface area contributed by atoms with Gasteiger partial charge in [-0.05, 0) is 30.3 Å². The zero-order valence-electron chi connectivity index (χ0n) is 19.5. The van der Waals surface area contributed by atoms with Crippen molar-refractivity contribution < 1.29 is 24.2 Å². The van der Waals surface area contributed by atoms with E-state index in [0.717, 1.165) is 0 Å². The third kappa shape index (κ3) is 4.26. The summed E-state index contributed by atoms with van der Waals surface area (Å²) in [6.07, 6.45) is 0.241. The molecule has 2 aromatic carbocycles. The maximum absolute atomic E-state index is 12.3. The van der Waals surface area contributed by atoms with Crippen molar-refractivity contribution in [3.63, 3.8) is 0 Å². The van der Waals surface area contributed by atoms with E-state index in [9.17, 15) is 14.7 Å². The van der Waals surface area contributed by atoms with Crippen LogP contribution in [0.25, 0.3) is 11.4 Å². The van der Waals surface area contributed by atoms with E-state index in [4.69, 9.17) is 26.8 Å². The monoisotopic (exact) mass is 506 g/mol. The van der Waals surface area contributed by atoms with E-state index in [1.165, 1.54) is 4.90 Å². The zero-order chi connectivity index (χ0) is 25.4. The number of nitrogens with two attached hydrogens (primary N) is 1. The Bertz CT molecular complexity index is 1440. The molecule has 2 amide bonds. The van der Waals surface area contributed by atoms with Crippen LogP contribution in [0, 0.1) is 11.8 Å². The maximum Gasteiger partial charge on any atom is 0.269 e. The van der Waals surface area contributed by atoms with Gasteiger partial charge in [0.25, 0.3) is 11.8 Å². The van der Waals surface area contributed by atoms with Crippen LogP contribution in [0.1, 0.15) is 28.2 Å². The van der Waals surface area contributed by atoms with Crippen molar-refractivity contribution >= 4 is 23.4 Å². The van der Waals surface area contributed by atoms with Crippen molar-refractivity contribution in [1.82, 2.24) is 14.5 Å². The first-order chi connectivity index (χ1) is 17.3. The Hall–Kier alpha value is -4.00. The van der Waals surface area contributed by atoms with E-state index in [1.54, 1.807) is 49.5 Å². The lowest BCUT2D eigenvalue weighted by molar-refractivity contribution is -0.137. The summed E-state index contributed by atoms with van der Waals surface area (Å²) < 4.78 is 13.6. The lowest BCUT2D eigenvalue weighted by Crippen LogP contribution is -2.37. The Morgan fingerprint density at radius 3 is 2.83 bits per heavy atom. The van der Waals surface area contributed by atoms with E-state index >= 15 is 0 Å². The van der Waals surface area contributed by atoms with Gasteiger partial charge in [-0.15, -0.1) is 0 Å². The van der Waals surface area contributed by atoms with Crippen molar-refractivity contribution in [2.45, 2.75) is 25.2 Å². The normalized spacial score (nSPS) is 18.4. The van der Waals surface area contributed by atoms with Crippen LogP contribution in [0.3, 0.4) is 0 Å². The van der Waals surface area contributed by atoms with Crippen LogP contribution in [-0.4, -0.2) is 57.2 Å². The number of carbonyl (C=O) groups excluding carboxylic acids is 2. The standard InChI is InChI=1S/C26H23ClN4O5/c1-30-11-10-26(34,25(30)33)9-8-16-6-7-20-17(14-16)24-29-22(23(28)32)19(31(24)12-13-35-20)15-36-21-5-3-2-4-18(21)27/h2-7,14,34H,10-13,15H2,1H3,(H2,28,32). The molecule has 3 aromatic rings. The molecule has 36 heavy (non-hydrogen) atoms. The fraction of sp³-hybridized carbons (Fsp3) is 0.269. The molecule has 0 saturated carbocycles. The van der Waals surface area contributed by atoms with Gasteiger partial charge in [0, 0.05) is 25.6 Å². The highest BCUT2D eigenvalue weighted by atomic mass is 35.5. The smallest absolute Gasteiger partial charge is 0.269 e. The number of aromatic nitrogens is 2. The minimum Gasteiger partial charge on any atom is -0.491 e. The van der Waals surface area contributed by atoms with Crippen molar-refractivity contribution in [2.24, 2.45) is 5.73 Å². The van der Waals surface area contributed by atoms with E-state index in [0.29, 0.717) is 58.9 Å².